The predicted octanol–water partition coefficient (Wildman–Crippen LogP) is 2.44. The molecule has 0 saturated carbocycles. The third-order valence-corrected chi connectivity index (χ3v) is 5.52. The van der Waals surface area contributed by atoms with Crippen molar-refractivity contribution in [2.24, 2.45) is 0 Å². The molecule has 1 aromatic heterocycles. The summed E-state index contributed by atoms with van der Waals surface area (Å²) >= 11 is 0. The van der Waals surface area contributed by atoms with Gasteiger partial charge in [0.25, 0.3) is 5.91 Å². The van der Waals surface area contributed by atoms with E-state index >= 15 is 0 Å². The summed E-state index contributed by atoms with van der Waals surface area (Å²) in [5, 5.41) is 2.88. The third-order valence-electron chi connectivity index (χ3n) is 5.52. The summed E-state index contributed by atoms with van der Waals surface area (Å²) in [7, 11) is 0. The lowest BCUT2D eigenvalue weighted by Gasteiger charge is -2.35. The van der Waals surface area contributed by atoms with Gasteiger partial charge in [0.1, 0.15) is 5.82 Å². The van der Waals surface area contributed by atoms with Crippen LogP contribution in [0.25, 0.3) is 0 Å². The van der Waals surface area contributed by atoms with Crippen molar-refractivity contribution in [2.75, 3.05) is 50.8 Å². The van der Waals surface area contributed by atoms with Crippen molar-refractivity contribution in [3.63, 3.8) is 0 Å². The van der Waals surface area contributed by atoms with Gasteiger partial charge in [-0.2, -0.15) is 0 Å². The van der Waals surface area contributed by atoms with Crippen LogP contribution in [0, 0.1) is 6.92 Å². The standard InChI is InChI=1S/C24H32N4O3/c1-3-31-16-6-11-25-24(30)21-9-10-22(26-18-21)27-12-14-28(15-13-27)23(29)17-20-8-5-4-7-19(20)2/h4-5,7-10,18H,3,6,11-17H2,1-2H3,(H,25,30). The molecule has 0 spiro atoms. The van der Waals surface area contributed by atoms with Crippen LogP contribution >= 0.6 is 0 Å². The number of benzene rings is 1. The van der Waals surface area contributed by atoms with E-state index in [1.165, 1.54) is 0 Å². The Hall–Kier alpha value is -2.93. The third kappa shape index (κ3) is 6.52. The van der Waals surface area contributed by atoms with Gasteiger partial charge in [0.2, 0.25) is 5.91 Å². The number of nitrogens with one attached hydrogen (secondary N) is 1. The van der Waals surface area contributed by atoms with Gasteiger partial charge in [0, 0.05) is 52.1 Å². The fraction of sp³-hybridized carbons (Fsp3) is 0.458. The molecule has 0 unspecified atom stereocenters. The Labute approximate surface area is 184 Å². The topological polar surface area (TPSA) is 74.8 Å². The van der Waals surface area contributed by atoms with E-state index in [2.05, 4.69) is 15.2 Å². The number of pyridine rings is 1. The van der Waals surface area contributed by atoms with Gasteiger partial charge in [-0.05, 0) is 43.5 Å². The average Bonchev–Trinajstić information content (AvgIpc) is 2.80. The quantitative estimate of drug-likeness (QED) is 0.626. The Bertz CT molecular complexity index is 861. The Balaban J connectivity index is 1.45. The molecule has 1 aromatic carbocycles. The highest BCUT2D eigenvalue weighted by Crippen LogP contribution is 2.16. The molecule has 0 radical (unpaired) electrons. The van der Waals surface area contributed by atoms with Gasteiger partial charge in [-0.3, -0.25) is 9.59 Å². The molecule has 0 atom stereocenters. The van der Waals surface area contributed by atoms with Crippen LogP contribution in [0.4, 0.5) is 5.82 Å². The smallest absolute Gasteiger partial charge is 0.252 e. The molecule has 7 nitrogen and oxygen atoms in total. The van der Waals surface area contributed by atoms with Crippen molar-refractivity contribution in [1.29, 1.82) is 0 Å². The van der Waals surface area contributed by atoms with Crippen LogP contribution in [-0.2, 0) is 16.0 Å². The lowest BCUT2D eigenvalue weighted by Crippen LogP contribution is -2.49. The van der Waals surface area contributed by atoms with Gasteiger partial charge >= 0.3 is 0 Å². The molecular formula is C24H32N4O3. The van der Waals surface area contributed by atoms with Crippen molar-refractivity contribution in [3.05, 3.63) is 59.3 Å². The van der Waals surface area contributed by atoms with Gasteiger partial charge in [-0.25, -0.2) is 4.98 Å². The van der Waals surface area contributed by atoms with Gasteiger partial charge in [0.05, 0.1) is 12.0 Å². The average molecular weight is 425 g/mol. The van der Waals surface area contributed by atoms with Crippen LogP contribution in [0.15, 0.2) is 42.6 Å². The first kappa shape index (κ1) is 22.7. The fourth-order valence-corrected chi connectivity index (χ4v) is 3.60. The predicted molar refractivity (Wildman–Crippen MR) is 121 cm³/mol. The van der Waals surface area contributed by atoms with E-state index in [1.54, 1.807) is 12.3 Å². The molecule has 3 rings (SSSR count). The van der Waals surface area contributed by atoms with E-state index in [1.807, 2.05) is 49.1 Å². The molecule has 0 aliphatic carbocycles. The molecule has 1 saturated heterocycles. The number of nitrogens with zero attached hydrogens (tertiary/aromatic N) is 3. The lowest BCUT2D eigenvalue weighted by atomic mass is 10.1. The molecule has 31 heavy (non-hydrogen) atoms. The van der Waals surface area contributed by atoms with Gasteiger partial charge in [0.15, 0.2) is 0 Å². The Kier molecular flexibility index (Phi) is 8.41. The number of carbonyl (C=O) groups is 2. The highest BCUT2D eigenvalue weighted by atomic mass is 16.5. The summed E-state index contributed by atoms with van der Waals surface area (Å²) in [6.45, 7) is 8.72. The van der Waals surface area contributed by atoms with Crippen LogP contribution < -0.4 is 10.2 Å². The van der Waals surface area contributed by atoms with Crippen molar-refractivity contribution in [2.45, 2.75) is 26.7 Å². The molecular weight excluding hydrogens is 392 g/mol. The van der Waals surface area contributed by atoms with Crippen LogP contribution in [0.2, 0.25) is 0 Å². The van der Waals surface area contributed by atoms with E-state index in [0.717, 1.165) is 36.5 Å². The normalized spacial score (nSPS) is 13.9. The minimum absolute atomic E-state index is 0.123. The van der Waals surface area contributed by atoms with Gasteiger partial charge in [-0.1, -0.05) is 24.3 Å². The molecule has 2 aromatic rings. The second kappa shape index (κ2) is 11.5. The van der Waals surface area contributed by atoms with E-state index in [0.29, 0.717) is 44.8 Å². The summed E-state index contributed by atoms with van der Waals surface area (Å²) in [6, 6.07) is 11.7. The number of hydrogen-bond donors (Lipinski definition) is 1. The molecule has 1 fully saturated rings. The Morgan fingerprint density at radius 2 is 1.87 bits per heavy atom. The fourth-order valence-electron chi connectivity index (χ4n) is 3.60. The van der Waals surface area contributed by atoms with Crippen molar-refractivity contribution >= 4 is 17.6 Å². The summed E-state index contributed by atoms with van der Waals surface area (Å²) < 4.78 is 5.27. The van der Waals surface area contributed by atoms with Crippen molar-refractivity contribution in [3.8, 4) is 0 Å². The van der Waals surface area contributed by atoms with E-state index < -0.39 is 0 Å². The molecule has 1 aliphatic heterocycles. The molecule has 166 valence electrons. The summed E-state index contributed by atoms with van der Waals surface area (Å²) in [5.74, 6) is 0.874. The van der Waals surface area contributed by atoms with Crippen LogP contribution in [-0.4, -0.2) is 67.6 Å². The number of anilines is 1. The molecule has 1 aliphatic rings. The number of amides is 2. The Morgan fingerprint density at radius 3 is 2.55 bits per heavy atom. The van der Waals surface area contributed by atoms with Crippen molar-refractivity contribution < 1.29 is 14.3 Å². The summed E-state index contributed by atoms with van der Waals surface area (Å²) in [5.41, 5.74) is 2.78. The van der Waals surface area contributed by atoms with Gasteiger partial charge < -0.3 is 19.9 Å². The van der Waals surface area contributed by atoms with Gasteiger partial charge in [-0.15, -0.1) is 0 Å². The molecule has 2 amide bonds. The maximum absolute atomic E-state index is 12.7. The number of carbonyl (C=O) groups excluding carboxylic acids is 2. The zero-order valence-electron chi connectivity index (χ0n) is 18.5. The van der Waals surface area contributed by atoms with E-state index in [-0.39, 0.29) is 11.8 Å². The zero-order chi connectivity index (χ0) is 22.1. The first-order chi connectivity index (χ1) is 15.1. The second-order valence-electron chi connectivity index (χ2n) is 7.68. The highest BCUT2D eigenvalue weighted by molar-refractivity contribution is 5.94. The molecule has 0 bridgehead atoms. The first-order valence-electron chi connectivity index (χ1n) is 11.0. The molecule has 7 heteroatoms. The second-order valence-corrected chi connectivity index (χ2v) is 7.68. The van der Waals surface area contributed by atoms with E-state index in [4.69, 9.17) is 4.74 Å². The number of aromatic nitrogens is 1. The highest BCUT2D eigenvalue weighted by Gasteiger charge is 2.22. The lowest BCUT2D eigenvalue weighted by molar-refractivity contribution is -0.130. The van der Waals surface area contributed by atoms with Crippen LogP contribution in [0.3, 0.4) is 0 Å². The molecule has 1 N–H and O–H groups in total. The number of rotatable bonds is 9. The number of aryl methyl sites for hydroxylation is 1. The minimum atomic E-state index is -0.123. The summed E-state index contributed by atoms with van der Waals surface area (Å²) in [6.07, 6.45) is 2.85. The van der Waals surface area contributed by atoms with Crippen LogP contribution in [0.5, 0.6) is 0 Å². The molecule has 2 heterocycles. The monoisotopic (exact) mass is 424 g/mol. The number of hydrogen-bond acceptors (Lipinski definition) is 5. The van der Waals surface area contributed by atoms with Crippen LogP contribution in [0.1, 0.15) is 34.8 Å². The van der Waals surface area contributed by atoms with E-state index in [9.17, 15) is 9.59 Å². The Morgan fingerprint density at radius 1 is 1.10 bits per heavy atom. The minimum Gasteiger partial charge on any atom is -0.382 e. The maximum atomic E-state index is 12.7. The van der Waals surface area contributed by atoms with Crippen molar-refractivity contribution in [1.82, 2.24) is 15.2 Å². The number of piperazine rings is 1. The SMILES string of the molecule is CCOCCCNC(=O)c1ccc(N2CCN(C(=O)Cc3ccccc3C)CC2)nc1. The first-order valence-corrected chi connectivity index (χ1v) is 11.0. The number of ether oxygens (including phenoxy) is 1. The maximum Gasteiger partial charge on any atom is 0.252 e. The zero-order valence-corrected chi connectivity index (χ0v) is 18.5. The largest absolute Gasteiger partial charge is 0.382 e. The summed E-state index contributed by atoms with van der Waals surface area (Å²) in [4.78, 5) is 33.4.